The molecule has 1 aromatic carbocycles. The van der Waals surface area contributed by atoms with E-state index in [1.165, 1.54) is 6.92 Å². The predicted molar refractivity (Wildman–Crippen MR) is 180 cm³/mol. The van der Waals surface area contributed by atoms with Gasteiger partial charge in [-0.3, -0.25) is 4.79 Å². The molecule has 1 rings (SSSR count). The molecule has 0 aliphatic rings. The number of ether oxygens (including phenoxy) is 12. The molecule has 0 saturated carbocycles. The molecule has 1 N–H and O–H groups in total. The number of benzene rings is 1. The highest BCUT2D eigenvalue weighted by molar-refractivity contribution is 5.88. The standard InChI is InChI=1S/C34H61NO13/c1-3-4-9-37-10-11-38-12-13-39-14-15-40-16-17-41-18-19-42-20-21-43-22-23-44-24-25-45-26-27-46-28-29-47-30-31-48-34-7-5-33(6-8-34)35-32(2)36/h5-8H,3-4,9-31H2,1-2H3,(H,35,36). The summed E-state index contributed by atoms with van der Waals surface area (Å²) in [5.74, 6) is 0.610. The Labute approximate surface area is 287 Å². The zero-order valence-electron chi connectivity index (χ0n) is 29.3. The summed E-state index contributed by atoms with van der Waals surface area (Å²) in [5, 5.41) is 2.71. The first-order valence-electron chi connectivity index (χ1n) is 17.1. The first-order valence-corrected chi connectivity index (χ1v) is 17.1. The van der Waals surface area contributed by atoms with Gasteiger partial charge in [0.1, 0.15) is 12.4 Å². The van der Waals surface area contributed by atoms with Crippen LogP contribution in [0.5, 0.6) is 5.75 Å². The van der Waals surface area contributed by atoms with E-state index in [9.17, 15) is 4.79 Å². The van der Waals surface area contributed by atoms with Crippen LogP contribution in [0.4, 0.5) is 5.69 Å². The van der Waals surface area contributed by atoms with E-state index in [2.05, 4.69) is 12.2 Å². The largest absolute Gasteiger partial charge is 0.491 e. The SMILES string of the molecule is CCCCOCCOCCOCCOCCOCCOCCOCCOCCOCCOCCOCCOc1ccc(NC(C)=O)cc1. The summed E-state index contributed by atoms with van der Waals surface area (Å²) >= 11 is 0. The van der Waals surface area contributed by atoms with E-state index in [0.717, 1.165) is 30.9 Å². The molecule has 1 amide bonds. The molecule has 0 fully saturated rings. The van der Waals surface area contributed by atoms with Gasteiger partial charge in [-0.1, -0.05) is 13.3 Å². The number of unbranched alkanes of at least 4 members (excludes halogenated alkanes) is 1. The molecule has 0 aromatic heterocycles. The van der Waals surface area contributed by atoms with Crippen molar-refractivity contribution in [2.45, 2.75) is 26.7 Å². The highest BCUT2D eigenvalue weighted by atomic mass is 16.6. The second kappa shape index (κ2) is 36.3. The summed E-state index contributed by atoms with van der Waals surface area (Å²) in [5.41, 5.74) is 0.732. The summed E-state index contributed by atoms with van der Waals surface area (Å²) in [6, 6.07) is 7.18. The second-order valence-electron chi connectivity index (χ2n) is 10.1. The molecular weight excluding hydrogens is 630 g/mol. The van der Waals surface area contributed by atoms with Crippen LogP contribution < -0.4 is 10.1 Å². The minimum atomic E-state index is -0.107. The molecule has 0 bridgehead atoms. The maximum Gasteiger partial charge on any atom is 0.221 e. The van der Waals surface area contributed by atoms with Gasteiger partial charge < -0.3 is 62.2 Å². The average Bonchev–Trinajstić information content (AvgIpc) is 3.08. The van der Waals surface area contributed by atoms with E-state index in [4.69, 9.17) is 56.8 Å². The van der Waals surface area contributed by atoms with E-state index >= 15 is 0 Å². The maximum atomic E-state index is 11.0. The van der Waals surface area contributed by atoms with Crippen LogP contribution in [0.3, 0.4) is 0 Å². The lowest BCUT2D eigenvalue weighted by Gasteiger charge is -2.09. The van der Waals surface area contributed by atoms with Gasteiger partial charge in [0.2, 0.25) is 5.91 Å². The molecule has 0 saturated heterocycles. The topological polar surface area (TPSA) is 140 Å². The van der Waals surface area contributed by atoms with E-state index in [-0.39, 0.29) is 5.91 Å². The molecule has 280 valence electrons. The second-order valence-corrected chi connectivity index (χ2v) is 10.1. The molecule has 0 aliphatic carbocycles. The van der Waals surface area contributed by atoms with Gasteiger partial charge in [0.15, 0.2) is 0 Å². The first kappa shape index (κ1) is 44.1. The number of hydrogen-bond donors (Lipinski definition) is 1. The van der Waals surface area contributed by atoms with Crippen LogP contribution in [0.2, 0.25) is 0 Å². The van der Waals surface area contributed by atoms with Gasteiger partial charge in [-0.2, -0.15) is 0 Å². The predicted octanol–water partition coefficient (Wildman–Crippen LogP) is 3.01. The molecular formula is C34H61NO13. The van der Waals surface area contributed by atoms with Crippen molar-refractivity contribution in [2.24, 2.45) is 0 Å². The Bertz CT molecular complexity index is 804. The van der Waals surface area contributed by atoms with E-state index in [1.807, 2.05) is 0 Å². The lowest BCUT2D eigenvalue weighted by atomic mass is 10.3. The number of amides is 1. The first-order chi connectivity index (χ1) is 23.7. The summed E-state index contributed by atoms with van der Waals surface area (Å²) < 4.78 is 65.8. The van der Waals surface area contributed by atoms with Gasteiger partial charge in [-0.25, -0.2) is 0 Å². The Morgan fingerprint density at radius 3 is 0.979 bits per heavy atom. The molecule has 0 aliphatic heterocycles. The van der Waals surface area contributed by atoms with Crippen molar-refractivity contribution in [1.29, 1.82) is 0 Å². The number of carbonyl (C=O) groups excluding carboxylic acids is 1. The van der Waals surface area contributed by atoms with Gasteiger partial charge in [0, 0.05) is 19.2 Å². The number of anilines is 1. The van der Waals surface area contributed by atoms with Crippen molar-refractivity contribution < 1.29 is 61.6 Å². The number of hydrogen-bond acceptors (Lipinski definition) is 13. The smallest absolute Gasteiger partial charge is 0.221 e. The van der Waals surface area contributed by atoms with Crippen LogP contribution in [0.25, 0.3) is 0 Å². The minimum absolute atomic E-state index is 0.107. The van der Waals surface area contributed by atoms with Crippen LogP contribution in [-0.4, -0.2) is 158 Å². The molecule has 0 spiro atoms. The molecule has 0 unspecified atom stereocenters. The number of carbonyl (C=O) groups is 1. The van der Waals surface area contributed by atoms with E-state index in [1.54, 1.807) is 24.3 Å². The lowest BCUT2D eigenvalue weighted by Crippen LogP contribution is -2.15. The number of rotatable bonds is 38. The molecule has 0 radical (unpaired) electrons. The Kier molecular flexibility index (Phi) is 33.4. The van der Waals surface area contributed by atoms with Crippen molar-refractivity contribution in [2.75, 3.05) is 157 Å². The minimum Gasteiger partial charge on any atom is -0.491 e. The van der Waals surface area contributed by atoms with Crippen molar-refractivity contribution in [3.8, 4) is 5.75 Å². The van der Waals surface area contributed by atoms with Crippen LogP contribution in [0, 0.1) is 0 Å². The van der Waals surface area contributed by atoms with Crippen LogP contribution >= 0.6 is 0 Å². The van der Waals surface area contributed by atoms with Gasteiger partial charge in [-0.15, -0.1) is 0 Å². The Hall–Kier alpha value is -1.95. The average molecular weight is 692 g/mol. The van der Waals surface area contributed by atoms with Gasteiger partial charge in [0.05, 0.1) is 139 Å². The van der Waals surface area contributed by atoms with Gasteiger partial charge in [0.25, 0.3) is 0 Å². The summed E-state index contributed by atoms with van der Waals surface area (Å²) in [6.45, 7) is 15.7. The summed E-state index contributed by atoms with van der Waals surface area (Å²) in [4.78, 5) is 11.0. The Morgan fingerprint density at radius 2 is 0.708 bits per heavy atom. The van der Waals surface area contributed by atoms with Crippen LogP contribution in [0.15, 0.2) is 24.3 Å². The third-order valence-corrected chi connectivity index (χ3v) is 6.03. The fraction of sp³-hybridized carbons (Fsp3) is 0.794. The maximum absolute atomic E-state index is 11.0. The lowest BCUT2D eigenvalue weighted by molar-refractivity contribution is -0.114. The zero-order chi connectivity index (χ0) is 34.4. The fourth-order valence-corrected chi connectivity index (χ4v) is 3.60. The Balaban J connectivity index is 1.65. The van der Waals surface area contributed by atoms with Crippen LogP contribution in [0.1, 0.15) is 26.7 Å². The monoisotopic (exact) mass is 691 g/mol. The Morgan fingerprint density at radius 1 is 0.438 bits per heavy atom. The van der Waals surface area contributed by atoms with Gasteiger partial charge >= 0.3 is 0 Å². The van der Waals surface area contributed by atoms with E-state index in [0.29, 0.717) is 145 Å². The third kappa shape index (κ3) is 32.6. The molecule has 0 heterocycles. The quantitative estimate of drug-likeness (QED) is 0.102. The number of nitrogens with one attached hydrogen (secondary N) is 1. The van der Waals surface area contributed by atoms with Crippen molar-refractivity contribution in [3.05, 3.63) is 24.3 Å². The molecule has 0 atom stereocenters. The van der Waals surface area contributed by atoms with E-state index < -0.39 is 0 Å². The fourth-order valence-electron chi connectivity index (χ4n) is 3.60. The van der Waals surface area contributed by atoms with Crippen molar-refractivity contribution in [3.63, 3.8) is 0 Å². The summed E-state index contributed by atoms with van der Waals surface area (Å²) in [7, 11) is 0. The highest BCUT2D eigenvalue weighted by Crippen LogP contribution is 2.15. The highest BCUT2D eigenvalue weighted by Gasteiger charge is 1.99. The van der Waals surface area contributed by atoms with Crippen molar-refractivity contribution >= 4 is 11.6 Å². The zero-order valence-corrected chi connectivity index (χ0v) is 29.3. The van der Waals surface area contributed by atoms with Crippen LogP contribution in [-0.2, 0) is 56.9 Å². The van der Waals surface area contributed by atoms with Gasteiger partial charge in [-0.05, 0) is 30.7 Å². The molecule has 48 heavy (non-hydrogen) atoms. The van der Waals surface area contributed by atoms with Crippen molar-refractivity contribution in [1.82, 2.24) is 0 Å². The molecule has 14 nitrogen and oxygen atoms in total. The molecule has 1 aromatic rings. The normalized spacial score (nSPS) is 11.3. The summed E-state index contributed by atoms with van der Waals surface area (Å²) in [6.07, 6.45) is 2.23. The third-order valence-electron chi connectivity index (χ3n) is 6.03. The molecule has 14 heteroatoms.